The zero-order chi connectivity index (χ0) is 18.1. The highest BCUT2D eigenvalue weighted by atomic mass is 16.4. The Kier molecular flexibility index (Phi) is 4.15. The van der Waals surface area contributed by atoms with Gasteiger partial charge in [0.05, 0.1) is 11.0 Å². The summed E-state index contributed by atoms with van der Waals surface area (Å²) in [5.41, 5.74) is 2.29. The number of imidazole rings is 1. The van der Waals surface area contributed by atoms with Crippen LogP contribution in [-0.4, -0.2) is 32.2 Å². The van der Waals surface area contributed by atoms with Crippen LogP contribution in [-0.2, 0) is 5.66 Å². The van der Waals surface area contributed by atoms with E-state index in [9.17, 15) is 9.90 Å². The largest absolute Gasteiger partial charge is 0.465 e. The van der Waals surface area contributed by atoms with Crippen molar-refractivity contribution in [2.45, 2.75) is 38.3 Å². The number of hydrogen-bond donors (Lipinski definition) is 1. The second kappa shape index (κ2) is 6.48. The third kappa shape index (κ3) is 2.46. The minimum atomic E-state index is -0.858. The standard InChI is InChI=1S/C21H23N3O2/c1-2-21(14-8-9-15-23(21)20(25)26)24-18-13-7-6-12-17(18)22-19(24)16-10-4-3-5-11-16/h3-7,10-13H,2,8-9,14-15H2,1H3,(H,25,26). The molecular formula is C21H23N3O2. The van der Waals surface area contributed by atoms with Crippen LogP contribution in [0, 0.1) is 0 Å². The van der Waals surface area contributed by atoms with E-state index in [2.05, 4.69) is 11.5 Å². The van der Waals surface area contributed by atoms with E-state index < -0.39 is 11.8 Å². The predicted octanol–water partition coefficient (Wildman–Crippen LogP) is 4.93. The van der Waals surface area contributed by atoms with Gasteiger partial charge in [-0.25, -0.2) is 9.78 Å². The van der Waals surface area contributed by atoms with Crippen molar-refractivity contribution < 1.29 is 9.90 Å². The Bertz CT molecular complexity index is 935. The molecule has 3 aromatic rings. The summed E-state index contributed by atoms with van der Waals surface area (Å²) in [6.07, 6.45) is 2.57. The lowest BCUT2D eigenvalue weighted by molar-refractivity contribution is -0.00460. The molecule has 1 aromatic heterocycles. The van der Waals surface area contributed by atoms with E-state index in [4.69, 9.17) is 4.98 Å². The normalized spacial score (nSPS) is 20.4. The summed E-state index contributed by atoms with van der Waals surface area (Å²) >= 11 is 0. The van der Waals surface area contributed by atoms with Gasteiger partial charge in [0.25, 0.3) is 0 Å². The fourth-order valence-corrected chi connectivity index (χ4v) is 4.28. The number of amides is 1. The molecule has 0 saturated carbocycles. The van der Waals surface area contributed by atoms with Crippen molar-refractivity contribution in [3.8, 4) is 11.4 Å². The van der Waals surface area contributed by atoms with Crippen molar-refractivity contribution in [1.29, 1.82) is 0 Å². The smallest absolute Gasteiger partial charge is 0.409 e. The van der Waals surface area contributed by atoms with Gasteiger partial charge in [0.1, 0.15) is 11.5 Å². The Morgan fingerprint density at radius 3 is 2.58 bits per heavy atom. The van der Waals surface area contributed by atoms with E-state index >= 15 is 0 Å². The SMILES string of the molecule is CCC1(n2c(-c3ccccc3)nc3ccccc32)CCCCN1C(=O)O. The second-order valence-electron chi connectivity index (χ2n) is 6.85. The molecule has 0 radical (unpaired) electrons. The number of likely N-dealkylation sites (tertiary alicyclic amines) is 1. The topological polar surface area (TPSA) is 58.4 Å². The van der Waals surface area contributed by atoms with Gasteiger partial charge >= 0.3 is 6.09 Å². The molecule has 0 aliphatic carbocycles. The fraction of sp³-hybridized carbons (Fsp3) is 0.333. The zero-order valence-electron chi connectivity index (χ0n) is 14.9. The maximum atomic E-state index is 12.1. The van der Waals surface area contributed by atoms with Crippen molar-refractivity contribution in [3.05, 3.63) is 54.6 Å². The first-order valence-electron chi connectivity index (χ1n) is 9.21. The van der Waals surface area contributed by atoms with Crippen molar-refractivity contribution in [3.63, 3.8) is 0 Å². The van der Waals surface area contributed by atoms with Crippen LogP contribution >= 0.6 is 0 Å². The van der Waals surface area contributed by atoms with E-state index in [1.807, 2.05) is 54.6 Å². The van der Waals surface area contributed by atoms with Crippen molar-refractivity contribution in [2.75, 3.05) is 6.54 Å². The highest BCUT2D eigenvalue weighted by Crippen LogP contribution is 2.41. The number of hydrogen-bond acceptors (Lipinski definition) is 2. The molecule has 1 aliphatic heterocycles. The van der Waals surface area contributed by atoms with Gasteiger partial charge in [-0.1, -0.05) is 49.4 Å². The van der Waals surface area contributed by atoms with E-state index in [1.54, 1.807) is 4.90 Å². The van der Waals surface area contributed by atoms with Crippen LogP contribution < -0.4 is 0 Å². The lowest BCUT2D eigenvalue weighted by Gasteiger charge is -2.47. The van der Waals surface area contributed by atoms with E-state index in [0.717, 1.165) is 41.7 Å². The summed E-state index contributed by atoms with van der Waals surface area (Å²) in [5.74, 6) is 0.835. The monoisotopic (exact) mass is 349 g/mol. The molecule has 1 N–H and O–H groups in total. The third-order valence-electron chi connectivity index (χ3n) is 5.52. The maximum Gasteiger partial charge on any atom is 0.409 e. The summed E-state index contributed by atoms with van der Waals surface area (Å²) in [6.45, 7) is 2.63. The molecular weight excluding hydrogens is 326 g/mol. The molecule has 1 amide bonds. The van der Waals surface area contributed by atoms with Crippen LogP contribution in [0.15, 0.2) is 54.6 Å². The quantitative estimate of drug-likeness (QED) is 0.729. The maximum absolute atomic E-state index is 12.1. The highest BCUT2D eigenvalue weighted by Gasteiger charge is 2.44. The Hall–Kier alpha value is -2.82. The minimum absolute atomic E-state index is 0.559. The second-order valence-corrected chi connectivity index (χ2v) is 6.85. The van der Waals surface area contributed by atoms with E-state index in [1.165, 1.54) is 0 Å². The molecule has 2 aromatic carbocycles. The first kappa shape index (κ1) is 16.6. The molecule has 1 saturated heterocycles. The van der Waals surface area contributed by atoms with Crippen LogP contribution in [0.4, 0.5) is 4.79 Å². The molecule has 1 aliphatic rings. The number of para-hydroxylation sites is 2. The minimum Gasteiger partial charge on any atom is -0.465 e. The van der Waals surface area contributed by atoms with Gasteiger partial charge in [-0.15, -0.1) is 0 Å². The summed E-state index contributed by atoms with van der Waals surface area (Å²) in [6, 6.07) is 18.0. The van der Waals surface area contributed by atoms with Gasteiger partial charge in [0.15, 0.2) is 0 Å². The summed E-state index contributed by atoms with van der Waals surface area (Å²) in [4.78, 5) is 18.6. The van der Waals surface area contributed by atoms with Gasteiger partial charge in [-0.3, -0.25) is 9.47 Å². The summed E-state index contributed by atoms with van der Waals surface area (Å²) < 4.78 is 2.17. The van der Waals surface area contributed by atoms with E-state index in [-0.39, 0.29) is 0 Å². The number of rotatable bonds is 3. The summed E-state index contributed by atoms with van der Waals surface area (Å²) in [7, 11) is 0. The van der Waals surface area contributed by atoms with Gasteiger partial charge in [-0.05, 0) is 37.8 Å². The Labute approximate surface area is 152 Å². The number of piperidine rings is 1. The number of benzene rings is 2. The van der Waals surface area contributed by atoms with Gasteiger partial charge in [0, 0.05) is 12.1 Å². The lowest BCUT2D eigenvalue weighted by Crippen LogP contribution is -2.55. The Morgan fingerprint density at radius 1 is 1.12 bits per heavy atom. The molecule has 4 rings (SSSR count). The number of nitrogens with zero attached hydrogens (tertiary/aromatic N) is 3. The van der Waals surface area contributed by atoms with Gasteiger partial charge in [-0.2, -0.15) is 0 Å². The van der Waals surface area contributed by atoms with E-state index in [0.29, 0.717) is 13.0 Å². The van der Waals surface area contributed by atoms with Crippen LogP contribution in [0.5, 0.6) is 0 Å². The molecule has 2 heterocycles. The average molecular weight is 349 g/mol. The number of carboxylic acid groups (broad SMARTS) is 1. The van der Waals surface area contributed by atoms with Crippen molar-refractivity contribution >= 4 is 17.1 Å². The molecule has 1 fully saturated rings. The van der Waals surface area contributed by atoms with Crippen LogP contribution in [0.2, 0.25) is 0 Å². The lowest BCUT2D eigenvalue weighted by atomic mass is 9.91. The van der Waals surface area contributed by atoms with Crippen LogP contribution in [0.1, 0.15) is 32.6 Å². The third-order valence-corrected chi connectivity index (χ3v) is 5.52. The number of fused-ring (bicyclic) bond motifs is 1. The molecule has 0 spiro atoms. The van der Waals surface area contributed by atoms with Crippen LogP contribution in [0.3, 0.4) is 0 Å². The van der Waals surface area contributed by atoms with Gasteiger partial charge < -0.3 is 5.11 Å². The highest BCUT2D eigenvalue weighted by molar-refractivity contribution is 5.81. The number of carbonyl (C=O) groups is 1. The average Bonchev–Trinajstić information content (AvgIpc) is 3.08. The molecule has 134 valence electrons. The first-order chi connectivity index (χ1) is 12.7. The number of aromatic nitrogens is 2. The molecule has 1 atom stereocenters. The molecule has 0 bridgehead atoms. The fourth-order valence-electron chi connectivity index (χ4n) is 4.28. The Morgan fingerprint density at radius 2 is 1.85 bits per heavy atom. The van der Waals surface area contributed by atoms with Crippen molar-refractivity contribution in [1.82, 2.24) is 14.5 Å². The molecule has 5 heteroatoms. The molecule has 1 unspecified atom stereocenters. The zero-order valence-corrected chi connectivity index (χ0v) is 14.9. The van der Waals surface area contributed by atoms with Crippen LogP contribution in [0.25, 0.3) is 22.4 Å². The summed E-state index contributed by atoms with van der Waals surface area (Å²) in [5, 5.41) is 9.93. The Balaban J connectivity index is 2.04. The van der Waals surface area contributed by atoms with Crippen molar-refractivity contribution in [2.24, 2.45) is 0 Å². The molecule has 26 heavy (non-hydrogen) atoms. The molecule has 5 nitrogen and oxygen atoms in total. The predicted molar refractivity (Wildman–Crippen MR) is 102 cm³/mol. The van der Waals surface area contributed by atoms with Gasteiger partial charge in [0.2, 0.25) is 0 Å². The first-order valence-corrected chi connectivity index (χ1v) is 9.21.